The maximum Gasteiger partial charge on any atom is 0.337 e. The van der Waals surface area contributed by atoms with Crippen LogP contribution in [0.2, 0.25) is 0 Å². The van der Waals surface area contributed by atoms with Gasteiger partial charge in [0.25, 0.3) is 0 Å². The summed E-state index contributed by atoms with van der Waals surface area (Å²) in [6, 6.07) is 13.4. The number of rotatable bonds is 8. The molecule has 1 aliphatic rings. The fourth-order valence-electron chi connectivity index (χ4n) is 3.95. The molecule has 0 bridgehead atoms. The van der Waals surface area contributed by atoms with E-state index in [0.717, 1.165) is 24.8 Å². The molecule has 0 fully saturated rings. The van der Waals surface area contributed by atoms with Crippen LogP contribution in [-0.4, -0.2) is 36.6 Å². The molecular formula is C26H32N4O4. The summed E-state index contributed by atoms with van der Waals surface area (Å²) in [5.41, 5.74) is 3.96. The van der Waals surface area contributed by atoms with Gasteiger partial charge in [0.1, 0.15) is 0 Å². The van der Waals surface area contributed by atoms with E-state index in [4.69, 9.17) is 4.74 Å². The second kappa shape index (κ2) is 11.4. The monoisotopic (exact) mass is 464 g/mol. The van der Waals surface area contributed by atoms with Crippen LogP contribution in [0.5, 0.6) is 0 Å². The lowest BCUT2D eigenvalue weighted by atomic mass is 9.94. The van der Waals surface area contributed by atoms with Gasteiger partial charge in [-0.25, -0.2) is 14.4 Å². The minimum atomic E-state index is -0.691. The molecule has 0 aliphatic carbocycles. The highest BCUT2D eigenvalue weighted by atomic mass is 16.5. The highest BCUT2D eigenvalue weighted by molar-refractivity contribution is 6.00. The molecule has 1 unspecified atom stereocenters. The fourth-order valence-corrected chi connectivity index (χ4v) is 3.95. The molecule has 8 heteroatoms. The quantitative estimate of drug-likeness (QED) is 0.467. The smallest absolute Gasteiger partial charge is 0.337 e. The number of urea groups is 2. The van der Waals surface area contributed by atoms with Gasteiger partial charge in [-0.2, -0.15) is 0 Å². The number of aryl methyl sites for hydroxylation is 1. The van der Waals surface area contributed by atoms with E-state index in [-0.39, 0.29) is 12.1 Å². The minimum absolute atomic E-state index is 0.268. The van der Waals surface area contributed by atoms with Crippen LogP contribution in [0.4, 0.5) is 21.0 Å². The number of carbonyl (C=O) groups excluding carboxylic acids is 3. The SMILES string of the molecule is CCCCN1C(=O)NC(c2cccc(NC(=O)Nc3cccc(CC)c3)c2)C(C(=O)OC)=C1C. The molecule has 3 N–H and O–H groups in total. The number of nitrogens with one attached hydrogen (secondary N) is 3. The largest absolute Gasteiger partial charge is 0.466 e. The molecule has 0 radical (unpaired) electrons. The van der Waals surface area contributed by atoms with E-state index >= 15 is 0 Å². The Kier molecular flexibility index (Phi) is 8.29. The number of amides is 4. The topological polar surface area (TPSA) is 99.8 Å². The van der Waals surface area contributed by atoms with Crippen LogP contribution in [0.1, 0.15) is 50.8 Å². The summed E-state index contributed by atoms with van der Waals surface area (Å²) >= 11 is 0. The molecule has 180 valence electrons. The second-order valence-corrected chi connectivity index (χ2v) is 8.14. The van der Waals surface area contributed by atoms with E-state index in [1.165, 1.54) is 7.11 Å². The number of carbonyl (C=O) groups is 3. The first-order valence-corrected chi connectivity index (χ1v) is 11.5. The van der Waals surface area contributed by atoms with Gasteiger partial charge in [0, 0.05) is 23.6 Å². The second-order valence-electron chi connectivity index (χ2n) is 8.14. The number of hydrogen-bond donors (Lipinski definition) is 3. The van der Waals surface area contributed by atoms with Crippen LogP contribution in [-0.2, 0) is 16.0 Å². The third-order valence-corrected chi connectivity index (χ3v) is 5.81. The molecule has 34 heavy (non-hydrogen) atoms. The van der Waals surface area contributed by atoms with Crippen LogP contribution in [0.3, 0.4) is 0 Å². The number of nitrogens with zero attached hydrogens (tertiary/aromatic N) is 1. The summed E-state index contributed by atoms with van der Waals surface area (Å²) in [5, 5.41) is 8.57. The maximum atomic E-state index is 12.8. The number of esters is 1. The average Bonchev–Trinajstić information content (AvgIpc) is 2.83. The van der Waals surface area contributed by atoms with Crippen molar-refractivity contribution in [3.05, 3.63) is 70.9 Å². The predicted molar refractivity (Wildman–Crippen MR) is 133 cm³/mol. The number of ether oxygens (including phenoxy) is 1. The molecule has 0 saturated heterocycles. The van der Waals surface area contributed by atoms with Crippen molar-refractivity contribution in [1.29, 1.82) is 0 Å². The van der Waals surface area contributed by atoms with Gasteiger partial charge >= 0.3 is 18.0 Å². The third kappa shape index (κ3) is 5.75. The zero-order chi connectivity index (χ0) is 24.7. The van der Waals surface area contributed by atoms with Gasteiger partial charge in [0.15, 0.2) is 0 Å². The Morgan fingerprint density at radius 1 is 1.06 bits per heavy atom. The Hall–Kier alpha value is -3.81. The summed E-state index contributed by atoms with van der Waals surface area (Å²) in [6.45, 7) is 6.37. The molecule has 2 aromatic carbocycles. The van der Waals surface area contributed by atoms with Gasteiger partial charge in [0.2, 0.25) is 0 Å². The molecule has 2 aromatic rings. The van der Waals surface area contributed by atoms with Crippen LogP contribution in [0.25, 0.3) is 0 Å². The minimum Gasteiger partial charge on any atom is -0.466 e. The molecule has 1 heterocycles. The lowest BCUT2D eigenvalue weighted by molar-refractivity contribution is -0.136. The molecular weight excluding hydrogens is 432 g/mol. The number of methoxy groups -OCH3 is 1. The van der Waals surface area contributed by atoms with Gasteiger partial charge in [-0.1, -0.05) is 44.5 Å². The summed E-state index contributed by atoms with van der Waals surface area (Å²) < 4.78 is 5.03. The zero-order valence-corrected chi connectivity index (χ0v) is 20.1. The first-order chi connectivity index (χ1) is 16.4. The fraction of sp³-hybridized carbons (Fsp3) is 0.346. The third-order valence-electron chi connectivity index (χ3n) is 5.81. The summed E-state index contributed by atoms with van der Waals surface area (Å²) in [4.78, 5) is 39.6. The van der Waals surface area contributed by atoms with Gasteiger partial charge in [-0.15, -0.1) is 0 Å². The Morgan fingerprint density at radius 2 is 1.74 bits per heavy atom. The summed E-state index contributed by atoms with van der Waals surface area (Å²) in [6.07, 6.45) is 2.61. The standard InChI is InChI=1S/C26H32N4O4/c1-5-7-14-30-17(3)22(24(31)34-4)23(29-26(30)33)19-11-9-13-21(16-19)28-25(32)27-20-12-8-10-18(6-2)15-20/h8-13,15-16,23H,5-7,14H2,1-4H3,(H,29,33)(H2,27,28,32). The molecule has 0 saturated carbocycles. The van der Waals surface area contributed by atoms with E-state index in [2.05, 4.69) is 22.9 Å². The van der Waals surface area contributed by atoms with Crippen molar-refractivity contribution in [3.63, 3.8) is 0 Å². The van der Waals surface area contributed by atoms with Crippen molar-refractivity contribution in [1.82, 2.24) is 10.2 Å². The molecule has 0 aromatic heterocycles. The van der Waals surface area contributed by atoms with E-state index in [1.807, 2.05) is 31.2 Å². The number of allylic oxidation sites excluding steroid dienone is 1. The van der Waals surface area contributed by atoms with Crippen molar-refractivity contribution in [3.8, 4) is 0 Å². The maximum absolute atomic E-state index is 12.8. The first kappa shape index (κ1) is 24.8. The molecule has 1 aliphatic heterocycles. The zero-order valence-electron chi connectivity index (χ0n) is 20.1. The molecule has 4 amide bonds. The number of anilines is 2. The number of unbranched alkanes of at least 4 members (excludes halogenated alkanes) is 1. The molecule has 0 spiro atoms. The highest BCUT2D eigenvalue weighted by Gasteiger charge is 2.36. The molecule has 3 rings (SSSR count). The van der Waals surface area contributed by atoms with Crippen LogP contribution >= 0.6 is 0 Å². The highest BCUT2D eigenvalue weighted by Crippen LogP contribution is 2.32. The van der Waals surface area contributed by atoms with Crippen LogP contribution in [0.15, 0.2) is 59.8 Å². The number of hydrogen-bond acceptors (Lipinski definition) is 4. The van der Waals surface area contributed by atoms with Crippen LogP contribution in [0, 0.1) is 0 Å². The Bertz CT molecular complexity index is 1100. The Morgan fingerprint density at radius 3 is 2.38 bits per heavy atom. The van der Waals surface area contributed by atoms with Crippen molar-refractivity contribution < 1.29 is 19.1 Å². The summed E-state index contributed by atoms with van der Waals surface area (Å²) in [5.74, 6) is -0.504. The van der Waals surface area contributed by atoms with E-state index in [0.29, 0.717) is 34.8 Å². The summed E-state index contributed by atoms with van der Waals surface area (Å²) in [7, 11) is 1.32. The van der Waals surface area contributed by atoms with Crippen LogP contribution < -0.4 is 16.0 Å². The van der Waals surface area contributed by atoms with Crippen molar-refractivity contribution in [2.24, 2.45) is 0 Å². The van der Waals surface area contributed by atoms with Gasteiger partial charge in [0.05, 0.1) is 18.7 Å². The van der Waals surface area contributed by atoms with Gasteiger partial charge in [-0.05, 0) is 55.2 Å². The first-order valence-electron chi connectivity index (χ1n) is 11.5. The van der Waals surface area contributed by atoms with Crippen molar-refractivity contribution in [2.45, 2.75) is 46.1 Å². The Balaban J connectivity index is 1.83. The van der Waals surface area contributed by atoms with Crippen molar-refractivity contribution in [2.75, 3.05) is 24.3 Å². The molecule has 8 nitrogen and oxygen atoms in total. The number of benzene rings is 2. The predicted octanol–water partition coefficient (Wildman–Crippen LogP) is 5.21. The van der Waals surface area contributed by atoms with E-state index in [1.54, 1.807) is 36.1 Å². The average molecular weight is 465 g/mol. The lowest BCUT2D eigenvalue weighted by Crippen LogP contribution is -2.48. The van der Waals surface area contributed by atoms with Gasteiger partial charge < -0.3 is 20.7 Å². The normalized spacial score (nSPS) is 15.6. The van der Waals surface area contributed by atoms with E-state index in [9.17, 15) is 14.4 Å². The van der Waals surface area contributed by atoms with Crippen molar-refractivity contribution >= 4 is 29.4 Å². The van der Waals surface area contributed by atoms with Gasteiger partial charge in [-0.3, -0.25) is 4.90 Å². The Labute approximate surface area is 200 Å². The molecule has 1 atom stereocenters. The lowest BCUT2D eigenvalue weighted by Gasteiger charge is -2.35. The van der Waals surface area contributed by atoms with E-state index < -0.39 is 12.0 Å².